The SMILES string of the molecule is CC(C)C(NC(=O)Cn1cnc2ccc(Br)cc2c1=O)c1ccc2c(c1)OCCCO2. The van der Waals surface area contributed by atoms with Crippen molar-refractivity contribution >= 4 is 32.7 Å². The van der Waals surface area contributed by atoms with Crippen LogP contribution in [-0.4, -0.2) is 28.7 Å². The fourth-order valence-corrected chi connectivity index (χ4v) is 3.99. The Balaban J connectivity index is 1.55. The van der Waals surface area contributed by atoms with E-state index in [0.717, 1.165) is 22.2 Å². The summed E-state index contributed by atoms with van der Waals surface area (Å²) < 4.78 is 13.6. The van der Waals surface area contributed by atoms with E-state index in [9.17, 15) is 9.59 Å². The largest absolute Gasteiger partial charge is 0.490 e. The smallest absolute Gasteiger partial charge is 0.261 e. The van der Waals surface area contributed by atoms with Crippen molar-refractivity contribution in [2.24, 2.45) is 5.92 Å². The Hall–Kier alpha value is -2.87. The van der Waals surface area contributed by atoms with Gasteiger partial charge in [0, 0.05) is 10.9 Å². The van der Waals surface area contributed by atoms with E-state index in [1.54, 1.807) is 12.1 Å². The third-order valence-corrected chi connectivity index (χ3v) is 5.71. The second-order valence-corrected chi connectivity index (χ2v) is 8.80. The lowest BCUT2D eigenvalue weighted by molar-refractivity contribution is -0.122. The summed E-state index contributed by atoms with van der Waals surface area (Å²) in [7, 11) is 0. The maximum atomic E-state index is 12.8. The average molecular weight is 486 g/mol. The minimum absolute atomic E-state index is 0.109. The number of hydrogen-bond acceptors (Lipinski definition) is 5. The molecule has 3 aromatic rings. The summed E-state index contributed by atoms with van der Waals surface area (Å²) in [5.74, 6) is 1.28. The number of aromatic nitrogens is 2. The molecule has 0 fully saturated rings. The molecule has 4 rings (SSSR count). The second-order valence-electron chi connectivity index (χ2n) is 7.88. The maximum absolute atomic E-state index is 12.8. The maximum Gasteiger partial charge on any atom is 0.261 e. The van der Waals surface area contributed by atoms with E-state index in [0.29, 0.717) is 29.9 Å². The predicted octanol–water partition coefficient (Wildman–Crippen LogP) is 3.83. The van der Waals surface area contributed by atoms with Gasteiger partial charge in [0.15, 0.2) is 11.5 Å². The molecule has 7 nitrogen and oxygen atoms in total. The van der Waals surface area contributed by atoms with Crippen LogP contribution in [0.2, 0.25) is 0 Å². The van der Waals surface area contributed by atoms with Crippen LogP contribution in [0.4, 0.5) is 0 Å². The molecule has 1 aliphatic heterocycles. The monoisotopic (exact) mass is 485 g/mol. The molecule has 0 saturated heterocycles. The van der Waals surface area contributed by atoms with Crippen LogP contribution in [0.3, 0.4) is 0 Å². The number of carbonyl (C=O) groups excluding carboxylic acids is 1. The first-order valence-corrected chi connectivity index (χ1v) is 11.1. The normalized spacial score (nSPS) is 14.3. The molecule has 2 aromatic carbocycles. The molecule has 1 amide bonds. The topological polar surface area (TPSA) is 82.5 Å². The van der Waals surface area contributed by atoms with Gasteiger partial charge in [-0.3, -0.25) is 14.2 Å². The molecule has 0 spiro atoms. The zero-order valence-corrected chi connectivity index (χ0v) is 19.0. The second kappa shape index (κ2) is 9.09. The number of nitrogens with one attached hydrogen (secondary N) is 1. The standard InChI is InChI=1S/C23H24BrN3O4/c1-14(2)22(15-4-7-19-20(10-15)31-9-3-8-30-19)26-21(28)12-27-13-25-18-6-5-16(24)11-17(18)23(27)29/h4-7,10-11,13-14,22H,3,8-9,12H2,1-2H3,(H,26,28). The van der Waals surface area contributed by atoms with Crippen LogP contribution in [0.15, 0.2) is 52.0 Å². The van der Waals surface area contributed by atoms with Gasteiger partial charge in [-0.15, -0.1) is 0 Å². The lowest BCUT2D eigenvalue weighted by Gasteiger charge is -2.24. The van der Waals surface area contributed by atoms with E-state index in [1.807, 2.05) is 38.1 Å². The first kappa shape index (κ1) is 21.4. The zero-order chi connectivity index (χ0) is 22.0. The van der Waals surface area contributed by atoms with Crippen molar-refractivity contribution < 1.29 is 14.3 Å². The minimum Gasteiger partial charge on any atom is -0.490 e. The van der Waals surface area contributed by atoms with Crippen molar-refractivity contribution in [2.75, 3.05) is 13.2 Å². The van der Waals surface area contributed by atoms with Gasteiger partial charge in [0.25, 0.3) is 5.56 Å². The predicted molar refractivity (Wildman–Crippen MR) is 121 cm³/mol. The minimum atomic E-state index is -0.260. The van der Waals surface area contributed by atoms with E-state index in [2.05, 4.69) is 26.2 Å². The third kappa shape index (κ3) is 4.74. The van der Waals surface area contributed by atoms with Crippen molar-refractivity contribution in [3.63, 3.8) is 0 Å². The molecule has 1 unspecified atom stereocenters. The Labute approximate surface area is 188 Å². The molecule has 0 radical (unpaired) electrons. The fraction of sp³-hybridized carbons (Fsp3) is 0.348. The van der Waals surface area contributed by atoms with Crippen LogP contribution < -0.4 is 20.3 Å². The fourth-order valence-electron chi connectivity index (χ4n) is 3.63. The van der Waals surface area contributed by atoms with Gasteiger partial charge < -0.3 is 14.8 Å². The number of amides is 1. The van der Waals surface area contributed by atoms with Crippen LogP contribution in [0.5, 0.6) is 11.5 Å². The third-order valence-electron chi connectivity index (χ3n) is 5.21. The van der Waals surface area contributed by atoms with Gasteiger partial charge in [-0.2, -0.15) is 0 Å². The Bertz CT molecular complexity index is 1180. The Kier molecular flexibility index (Phi) is 6.27. The zero-order valence-electron chi connectivity index (χ0n) is 17.4. The quantitative estimate of drug-likeness (QED) is 0.593. The van der Waals surface area contributed by atoms with Gasteiger partial charge in [-0.05, 0) is 41.8 Å². The summed E-state index contributed by atoms with van der Waals surface area (Å²) >= 11 is 3.37. The lowest BCUT2D eigenvalue weighted by Crippen LogP contribution is -2.36. The number of ether oxygens (including phenoxy) is 2. The summed E-state index contributed by atoms with van der Waals surface area (Å²) in [6.45, 7) is 5.19. The molecule has 1 aromatic heterocycles. The van der Waals surface area contributed by atoms with Gasteiger partial charge in [-0.1, -0.05) is 35.8 Å². The first-order valence-electron chi connectivity index (χ1n) is 10.3. The lowest BCUT2D eigenvalue weighted by atomic mass is 9.95. The van der Waals surface area contributed by atoms with Crippen LogP contribution in [0.25, 0.3) is 10.9 Å². The molecular formula is C23H24BrN3O4. The van der Waals surface area contributed by atoms with Crippen LogP contribution >= 0.6 is 15.9 Å². The Morgan fingerprint density at radius 1 is 1.16 bits per heavy atom. The van der Waals surface area contributed by atoms with Crippen molar-refractivity contribution in [2.45, 2.75) is 32.9 Å². The molecule has 1 atom stereocenters. The van der Waals surface area contributed by atoms with E-state index in [1.165, 1.54) is 10.9 Å². The molecule has 1 aliphatic rings. The molecule has 2 heterocycles. The van der Waals surface area contributed by atoms with Crippen LogP contribution in [0, 0.1) is 5.92 Å². The van der Waals surface area contributed by atoms with E-state index < -0.39 is 0 Å². The Morgan fingerprint density at radius 2 is 1.94 bits per heavy atom. The van der Waals surface area contributed by atoms with Crippen molar-refractivity contribution in [1.29, 1.82) is 0 Å². The highest BCUT2D eigenvalue weighted by atomic mass is 79.9. The van der Waals surface area contributed by atoms with Gasteiger partial charge in [0.2, 0.25) is 5.91 Å². The number of carbonyl (C=O) groups is 1. The molecule has 8 heteroatoms. The highest BCUT2D eigenvalue weighted by molar-refractivity contribution is 9.10. The highest BCUT2D eigenvalue weighted by Crippen LogP contribution is 2.34. The van der Waals surface area contributed by atoms with Crippen molar-refractivity contribution in [1.82, 2.24) is 14.9 Å². The average Bonchev–Trinajstić information content (AvgIpc) is 2.99. The van der Waals surface area contributed by atoms with Gasteiger partial charge in [0.1, 0.15) is 6.54 Å². The number of benzene rings is 2. The highest BCUT2D eigenvalue weighted by Gasteiger charge is 2.21. The summed E-state index contributed by atoms with van der Waals surface area (Å²) in [5, 5.41) is 3.52. The molecule has 0 aliphatic carbocycles. The molecule has 31 heavy (non-hydrogen) atoms. The molecule has 162 valence electrons. The van der Waals surface area contributed by atoms with Gasteiger partial charge in [0.05, 0.1) is 36.5 Å². The Morgan fingerprint density at radius 3 is 2.71 bits per heavy atom. The van der Waals surface area contributed by atoms with Crippen LogP contribution in [0.1, 0.15) is 31.9 Å². The van der Waals surface area contributed by atoms with Gasteiger partial charge >= 0.3 is 0 Å². The van der Waals surface area contributed by atoms with Crippen molar-refractivity contribution in [3.05, 3.63) is 63.1 Å². The summed E-state index contributed by atoms with van der Waals surface area (Å²) in [5.41, 5.74) is 1.27. The number of fused-ring (bicyclic) bond motifs is 2. The summed E-state index contributed by atoms with van der Waals surface area (Å²) in [6.07, 6.45) is 2.25. The molecule has 0 saturated carbocycles. The number of rotatable bonds is 5. The first-order chi connectivity index (χ1) is 14.9. The number of halogens is 1. The molecule has 0 bridgehead atoms. The number of hydrogen-bond donors (Lipinski definition) is 1. The molecule has 1 N–H and O–H groups in total. The summed E-state index contributed by atoms with van der Waals surface area (Å²) in [6, 6.07) is 10.8. The van der Waals surface area contributed by atoms with Gasteiger partial charge in [-0.25, -0.2) is 4.98 Å². The van der Waals surface area contributed by atoms with E-state index in [4.69, 9.17) is 9.47 Å². The number of nitrogens with zero attached hydrogens (tertiary/aromatic N) is 2. The van der Waals surface area contributed by atoms with E-state index in [-0.39, 0.29) is 30.0 Å². The molecular weight excluding hydrogens is 462 g/mol. The van der Waals surface area contributed by atoms with E-state index >= 15 is 0 Å². The summed E-state index contributed by atoms with van der Waals surface area (Å²) in [4.78, 5) is 29.9. The van der Waals surface area contributed by atoms with Crippen LogP contribution in [-0.2, 0) is 11.3 Å². The van der Waals surface area contributed by atoms with Crippen molar-refractivity contribution in [3.8, 4) is 11.5 Å².